The van der Waals surface area contributed by atoms with Gasteiger partial charge < -0.3 is 9.13 Å². The Morgan fingerprint density at radius 1 is 0.243 bits per heavy atom. The molecule has 15 rings (SSSR count). The van der Waals surface area contributed by atoms with Gasteiger partial charge in [-0.2, -0.15) is 0 Å². The van der Waals surface area contributed by atoms with Crippen LogP contribution >= 0.6 is 0 Å². The molecule has 0 amide bonds. The van der Waals surface area contributed by atoms with Crippen molar-refractivity contribution in [1.82, 2.24) is 9.13 Å². The molecule has 0 radical (unpaired) electrons. The van der Waals surface area contributed by atoms with Gasteiger partial charge in [0, 0.05) is 43.7 Å². The topological polar surface area (TPSA) is 9.86 Å². The van der Waals surface area contributed by atoms with Gasteiger partial charge in [-0.15, -0.1) is 0 Å². The third-order valence-corrected chi connectivity index (χ3v) is 16.5. The van der Waals surface area contributed by atoms with E-state index in [-0.39, 0.29) is 10.8 Å². The number of para-hydroxylation sites is 4. The predicted octanol–water partition coefficient (Wildman–Crippen LogP) is 18.1. The minimum atomic E-state index is -0.157. The van der Waals surface area contributed by atoms with Crippen molar-refractivity contribution in [2.24, 2.45) is 0 Å². The molecule has 0 N–H and O–H groups in total. The van der Waals surface area contributed by atoms with Crippen LogP contribution in [0.1, 0.15) is 49.9 Å². The Morgan fingerprint density at radius 2 is 0.557 bits per heavy atom. The van der Waals surface area contributed by atoms with Gasteiger partial charge >= 0.3 is 0 Å². The van der Waals surface area contributed by atoms with Crippen molar-refractivity contribution in [2.45, 2.75) is 38.5 Å². The molecule has 0 saturated carbocycles. The Bertz CT molecular complexity index is 4030. The first-order chi connectivity index (χ1) is 34.3. The van der Waals surface area contributed by atoms with Gasteiger partial charge in [0.1, 0.15) is 0 Å². The Balaban J connectivity index is 1.15. The normalized spacial score (nSPS) is 14.2. The van der Waals surface area contributed by atoms with Gasteiger partial charge in [-0.3, -0.25) is 0 Å². The molecule has 0 aliphatic heterocycles. The lowest BCUT2D eigenvalue weighted by Crippen LogP contribution is -2.14. The highest BCUT2D eigenvalue weighted by Gasteiger charge is 2.39. The second kappa shape index (κ2) is 14.1. The second-order valence-corrected chi connectivity index (χ2v) is 20.7. The third kappa shape index (κ3) is 5.12. The summed E-state index contributed by atoms with van der Waals surface area (Å²) in [6.45, 7) is 9.59. The lowest BCUT2D eigenvalue weighted by molar-refractivity contribution is 0.660. The maximum absolute atomic E-state index is 2.51. The highest BCUT2D eigenvalue weighted by molar-refractivity contribution is 6.25. The van der Waals surface area contributed by atoms with Gasteiger partial charge in [0.05, 0.1) is 22.1 Å². The molecule has 13 aromatic rings. The summed E-state index contributed by atoms with van der Waals surface area (Å²) in [5.41, 5.74) is 22.7. The summed E-state index contributed by atoms with van der Waals surface area (Å²) in [4.78, 5) is 0. The van der Waals surface area contributed by atoms with Crippen molar-refractivity contribution in [3.63, 3.8) is 0 Å². The molecule has 0 atom stereocenters. The van der Waals surface area contributed by atoms with E-state index in [0.29, 0.717) is 0 Å². The van der Waals surface area contributed by atoms with Gasteiger partial charge in [0.25, 0.3) is 0 Å². The number of rotatable bonds is 4. The first-order valence-electron chi connectivity index (χ1n) is 24.8. The number of nitrogens with zero attached hydrogens (tertiary/aromatic N) is 2. The average molecular weight is 893 g/mol. The Labute approximate surface area is 407 Å². The van der Waals surface area contributed by atoms with Gasteiger partial charge in [-0.25, -0.2) is 0 Å². The van der Waals surface area contributed by atoms with Crippen LogP contribution in [0.5, 0.6) is 0 Å². The molecular formula is C68H48N2. The van der Waals surface area contributed by atoms with Crippen LogP contribution in [0.2, 0.25) is 0 Å². The van der Waals surface area contributed by atoms with Gasteiger partial charge in [0.2, 0.25) is 0 Å². The van der Waals surface area contributed by atoms with E-state index in [9.17, 15) is 0 Å². The minimum Gasteiger partial charge on any atom is -0.309 e. The van der Waals surface area contributed by atoms with Gasteiger partial charge in [0.15, 0.2) is 0 Å². The highest BCUT2D eigenvalue weighted by atomic mass is 15.0. The Morgan fingerprint density at radius 3 is 0.943 bits per heavy atom. The lowest BCUT2D eigenvalue weighted by Gasteiger charge is -2.24. The zero-order valence-corrected chi connectivity index (χ0v) is 39.7. The average Bonchev–Trinajstić information content (AvgIpc) is 4.07. The molecule has 330 valence electrons. The molecule has 0 bridgehead atoms. The van der Waals surface area contributed by atoms with Crippen LogP contribution in [0.3, 0.4) is 0 Å². The molecule has 0 spiro atoms. The summed E-state index contributed by atoms with van der Waals surface area (Å²) < 4.78 is 4.96. The smallest absolute Gasteiger partial charge is 0.0541 e. The molecule has 2 aromatic heterocycles. The van der Waals surface area contributed by atoms with Crippen LogP contribution in [-0.2, 0) is 10.8 Å². The number of hydrogen-bond acceptors (Lipinski definition) is 0. The number of fused-ring (bicyclic) bond motifs is 14. The summed E-state index contributed by atoms with van der Waals surface area (Å²) >= 11 is 0. The van der Waals surface area contributed by atoms with Crippen LogP contribution in [0.4, 0.5) is 0 Å². The first-order valence-corrected chi connectivity index (χ1v) is 24.8. The molecule has 2 aliphatic rings. The summed E-state index contributed by atoms with van der Waals surface area (Å²) in [7, 11) is 0. The van der Waals surface area contributed by atoms with Crippen molar-refractivity contribution in [1.29, 1.82) is 0 Å². The van der Waals surface area contributed by atoms with Crippen LogP contribution in [-0.4, -0.2) is 9.13 Å². The summed E-state index contributed by atoms with van der Waals surface area (Å²) in [5, 5.41) is 10.0. The lowest BCUT2D eigenvalue weighted by atomic mass is 9.79. The van der Waals surface area contributed by atoms with E-state index in [1.807, 2.05) is 0 Å². The zero-order valence-electron chi connectivity index (χ0n) is 39.7. The second-order valence-electron chi connectivity index (χ2n) is 20.7. The minimum absolute atomic E-state index is 0.157. The zero-order chi connectivity index (χ0) is 46.6. The quantitative estimate of drug-likeness (QED) is 0.156. The van der Waals surface area contributed by atoms with Gasteiger partial charge in [-0.1, -0.05) is 198 Å². The van der Waals surface area contributed by atoms with Crippen molar-refractivity contribution >= 4 is 65.2 Å². The largest absolute Gasteiger partial charge is 0.309 e. The number of hydrogen-bond donors (Lipinski definition) is 0. The van der Waals surface area contributed by atoms with E-state index in [1.165, 1.54) is 132 Å². The highest BCUT2D eigenvalue weighted by Crippen LogP contribution is 2.58. The van der Waals surface area contributed by atoms with Crippen LogP contribution in [0.25, 0.3) is 121 Å². The van der Waals surface area contributed by atoms with Crippen LogP contribution in [0, 0.1) is 0 Å². The fourth-order valence-corrected chi connectivity index (χ4v) is 13.4. The number of benzene rings is 11. The Hall–Kier alpha value is -8.46. The fraction of sp³-hybridized carbons (Fsp3) is 0.0882. The molecule has 2 nitrogen and oxygen atoms in total. The van der Waals surface area contributed by atoms with E-state index in [2.05, 4.69) is 255 Å². The summed E-state index contributed by atoms with van der Waals surface area (Å²) in [6.07, 6.45) is 0. The fourth-order valence-electron chi connectivity index (χ4n) is 13.4. The molecule has 0 unspecified atom stereocenters. The van der Waals surface area contributed by atoms with Crippen molar-refractivity contribution in [2.75, 3.05) is 0 Å². The van der Waals surface area contributed by atoms with E-state index >= 15 is 0 Å². The first kappa shape index (κ1) is 39.5. The van der Waals surface area contributed by atoms with Crippen LogP contribution < -0.4 is 0 Å². The monoisotopic (exact) mass is 892 g/mol. The number of aromatic nitrogens is 2. The van der Waals surface area contributed by atoms with E-state index < -0.39 is 0 Å². The van der Waals surface area contributed by atoms with Crippen molar-refractivity contribution < 1.29 is 0 Å². The summed E-state index contributed by atoms with van der Waals surface area (Å²) in [5.74, 6) is 0. The van der Waals surface area contributed by atoms with Crippen molar-refractivity contribution in [3.8, 4) is 55.9 Å². The molecule has 0 saturated heterocycles. The van der Waals surface area contributed by atoms with Crippen LogP contribution in [0.15, 0.2) is 218 Å². The maximum Gasteiger partial charge on any atom is 0.0541 e. The molecule has 2 aliphatic carbocycles. The van der Waals surface area contributed by atoms with E-state index in [4.69, 9.17) is 0 Å². The molecule has 0 fully saturated rings. The Kier molecular flexibility index (Phi) is 7.94. The molecular weight excluding hydrogens is 845 g/mol. The van der Waals surface area contributed by atoms with Crippen molar-refractivity contribution in [3.05, 3.63) is 241 Å². The van der Waals surface area contributed by atoms with Gasteiger partial charge in [-0.05, 0) is 137 Å². The molecule has 2 heterocycles. The van der Waals surface area contributed by atoms with E-state index in [0.717, 1.165) is 11.4 Å². The predicted molar refractivity (Wildman–Crippen MR) is 296 cm³/mol. The SMILES string of the molecule is CC1(C)c2ccccc2-c2c(-c3c4ccc(-n5c6ccccc6c6ccccc65)cc4c(-c4cccc5c4-c4ccccc4C5(C)C)c4ccc(-n5c6ccccc6c6ccccc65)cc34)cccc21. The molecule has 2 heteroatoms. The van der Waals surface area contributed by atoms with E-state index in [1.54, 1.807) is 0 Å². The molecule has 11 aromatic carbocycles. The maximum atomic E-state index is 2.51. The molecule has 70 heavy (non-hydrogen) atoms. The third-order valence-electron chi connectivity index (χ3n) is 16.5. The summed E-state index contributed by atoms with van der Waals surface area (Å²) in [6, 6.07) is 82.6. The standard InChI is InChI=1S/C68H48N2/c1-67(2)55-27-11-5-23-49(55)65-51(25-17-29-57(65)67)63-47-37-35-42(70-61-33-15-9-21-45(61)46-22-10-16-34-62(46)70)40-54(47)64(52-26-18-30-58-66(52)50-24-6-12-28-56(50)68(58,3)4)48-38-36-41(39-53(48)63)69-59-31-13-7-19-43(59)44-20-8-14-32-60(44)69/h5-40H,1-4H3.